The van der Waals surface area contributed by atoms with E-state index < -0.39 is 0 Å². The summed E-state index contributed by atoms with van der Waals surface area (Å²) in [5.74, 6) is 0. The minimum absolute atomic E-state index is 0.487. The Balaban J connectivity index is 1.54. The van der Waals surface area contributed by atoms with E-state index in [0.717, 1.165) is 66.1 Å². The van der Waals surface area contributed by atoms with Crippen molar-refractivity contribution < 1.29 is 0 Å². The summed E-state index contributed by atoms with van der Waals surface area (Å²) >= 11 is 0. The smallest absolute Gasteiger partial charge is 0.189 e. The van der Waals surface area contributed by atoms with E-state index in [0.29, 0.717) is 16.9 Å². The molecule has 0 amide bonds. The zero-order chi connectivity index (χ0) is 29.8. The van der Waals surface area contributed by atoms with Gasteiger partial charge >= 0.3 is 0 Å². The van der Waals surface area contributed by atoms with Crippen molar-refractivity contribution in [2.45, 2.75) is 0 Å². The Bertz CT molecular complexity index is 2580. The molecule has 0 aliphatic heterocycles. The first kappa shape index (κ1) is 25.1. The Labute approximate surface area is 252 Å². The predicted octanol–water partition coefficient (Wildman–Crippen LogP) is 9.92. The van der Waals surface area contributed by atoms with Crippen LogP contribution in [0.1, 0.15) is 5.56 Å². The highest BCUT2D eigenvalue weighted by Gasteiger charge is 2.21. The maximum Gasteiger partial charge on any atom is 0.189 e. The Morgan fingerprint density at radius 2 is 1.09 bits per heavy atom. The van der Waals surface area contributed by atoms with Crippen molar-refractivity contribution in [3.63, 3.8) is 0 Å². The van der Waals surface area contributed by atoms with Crippen LogP contribution in [0.2, 0.25) is 0 Å². The first-order chi connectivity index (χ1) is 21.7. The van der Waals surface area contributed by atoms with Gasteiger partial charge in [0.15, 0.2) is 11.4 Å². The van der Waals surface area contributed by atoms with Crippen molar-refractivity contribution in [2.75, 3.05) is 0 Å². The second-order valence-electron chi connectivity index (χ2n) is 10.6. The topological polar surface area (TPSA) is 55.3 Å². The Kier molecular flexibility index (Phi) is 5.53. The number of hydrogen-bond acceptors (Lipinski definition) is 2. The fraction of sp³-hybridized carbons (Fsp3) is 0. The van der Waals surface area contributed by atoms with E-state index in [-0.39, 0.29) is 0 Å². The lowest BCUT2D eigenvalue weighted by Gasteiger charge is -2.19. The van der Waals surface area contributed by atoms with E-state index >= 15 is 0 Å². The van der Waals surface area contributed by atoms with Crippen LogP contribution in [-0.2, 0) is 0 Å². The molecule has 5 aromatic carbocycles. The molecule has 8 rings (SSSR count). The number of nitrogens with zero attached hydrogens (tertiary/aromatic N) is 6. The molecule has 0 aliphatic carbocycles. The average molecular weight is 561 g/mol. The zero-order valence-corrected chi connectivity index (χ0v) is 23.2. The van der Waals surface area contributed by atoms with E-state index in [4.69, 9.17) is 13.1 Å². The summed E-state index contributed by atoms with van der Waals surface area (Å²) in [6, 6.07) is 38.2. The van der Waals surface area contributed by atoms with Gasteiger partial charge in [-0.05, 0) is 54.1 Å². The molecule has 0 aliphatic rings. The molecule has 6 heteroatoms. The van der Waals surface area contributed by atoms with Gasteiger partial charge in [0.25, 0.3) is 0 Å². The third-order valence-corrected chi connectivity index (χ3v) is 8.28. The molecule has 0 bridgehead atoms. The van der Waals surface area contributed by atoms with Crippen LogP contribution in [0.4, 0.5) is 11.4 Å². The molecule has 0 saturated heterocycles. The molecule has 0 atom stereocenters. The molecule has 0 fully saturated rings. The fourth-order valence-corrected chi connectivity index (χ4v) is 6.38. The maximum absolute atomic E-state index is 10.7. The van der Waals surface area contributed by atoms with Crippen LogP contribution in [0.15, 0.2) is 122 Å². The van der Waals surface area contributed by atoms with Crippen molar-refractivity contribution in [1.29, 1.82) is 5.26 Å². The zero-order valence-electron chi connectivity index (χ0n) is 23.2. The molecule has 3 aromatic heterocycles. The first-order valence-corrected chi connectivity index (χ1v) is 14.0. The van der Waals surface area contributed by atoms with Crippen LogP contribution >= 0.6 is 0 Å². The third-order valence-electron chi connectivity index (χ3n) is 8.28. The van der Waals surface area contributed by atoms with Gasteiger partial charge in [-0.2, -0.15) is 5.26 Å². The van der Waals surface area contributed by atoms with Gasteiger partial charge in [-0.1, -0.05) is 60.7 Å². The van der Waals surface area contributed by atoms with Crippen molar-refractivity contribution in [1.82, 2.24) is 14.1 Å². The van der Waals surface area contributed by atoms with Crippen LogP contribution < -0.4 is 0 Å². The molecule has 0 unspecified atom stereocenters. The lowest BCUT2D eigenvalue weighted by molar-refractivity contribution is 1.13. The Hall–Kier alpha value is -6.68. The van der Waals surface area contributed by atoms with Gasteiger partial charge in [0.05, 0.1) is 41.1 Å². The van der Waals surface area contributed by atoms with Crippen molar-refractivity contribution >= 4 is 55.0 Å². The quantitative estimate of drug-likeness (QED) is 0.202. The van der Waals surface area contributed by atoms with E-state index in [1.807, 2.05) is 84.9 Å². The van der Waals surface area contributed by atoms with E-state index in [1.54, 1.807) is 12.4 Å². The molecule has 8 aromatic rings. The standard InChI is InChI=1S/C38H20N6/c1-40-26-11-13-30-28-7-3-5-9-33(28)43(37(30)20-26)35-22-32(24-15-17-42-18-16-24)36(19-25(35)23-39)44-34-10-6-4-8-29(34)31-14-12-27(41-2)21-38(31)44/h3-22H. The number of benzene rings is 5. The van der Waals surface area contributed by atoms with Crippen LogP contribution in [-0.4, -0.2) is 14.1 Å². The number of para-hydroxylation sites is 2. The maximum atomic E-state index is 10.7. The predicted molar refractivity (Wildman–Crippen MR) is 176 cm³/mol. The number of nitriles is 1. The van der Waals surface area contributed by atoms with Gasteiger partial charge in [-0.25, -0.2) is 9.69 Å². The minimum atomic E-state index is 0.487. The summed E-state index contributed by atoms with van der Waals surface area (Å²) in [6.07, 6.45) is 3.53. The van der Waals surface area contributed by atoms with E-state index in [1.165, 1.54) is 0 Å². The SMILES string of the molecule is [C-]#[N+]c1ccc2c3ccccc3n(-c3cc(-c4ccncc4)c(-n4c5ccccc5c5ccc([N+]#[C-])cc54)cc3C#N)c2c1. The van der Waals surface area contributed by atoms with Gasteiger partial charge in [0.2, 0.25) is 0 Å². The highest BCUT2D eigenvalue weighted by molar-refractivity contribution is 6.12. The van der Waals surface area contributed by atoms with Crippen molar-refractivity contribution in [3.8, 4) is 28.6 Å². The van der Waals surface area contributed by atoms with Crippen LogP contribution in [0, 0.1) is 24.5 Å². The van der Waals surface area contributed by atoms with Gasteiger partial charge in [-0.3, -0.25) is 4.98 Å². The van der Waals surface area contributed by atoms with Gasteiger partial charge in [0, 0.05) is 50.5 Å². The normalized spacial score (nSPS) is 11.1. The van der Waals surface area contributed by atoms with Crippen molar-refractivity contribution in [2.24, 2.45) is 0 Å². The summed E-state index contributed by atoms with van der Waals surface area (Å²) in [4.78, 5) is 11.7. The van der Waals surface area contributed by atoms with E-state index in [9.17, 15) is 5.26 Å². The number of rotatable bonds is 3. The second-order valence-corrected chi connectivity index (χ2v) is 10.6. The molecule has 0 N–H and O–H groups in total. The first-order valence-electron chi connectivity index (χ1n) is 14.0. The van der Waals surface area contributed by atoms with Gasteiger partial charge in [0.1, 0.15) is 6.07 Å². The molecule has 6 nitrogen and oxygen atoms in total. The van der Waals surface area contributed by atoms with Crippen LogP contribution in [0.3, 0.4) is 0 Å². The van der Waals surface area contributed by atoms with Crippen molar-refractivity contribution in [3.05, 3.63) is 150 Å². The Morgan fingerprint density at radius 1 is 0.568 bits per heavy atom. The number of fused-ring (bicyclic) bond motifs is 6. The van der Waals surface area contributed by atoms with Gasteiger partial charge < -0.3 is 9.13 Å². The summed E-state index contributed by atoms with van der Waals surface area (Å²) < 4.78 is 4.25. The minimum Gasteiger partial charge on any atom is -0.310 e. The lowest BCUT2D eigenvalue weighted by Crippen LogP contribution is -2.04. The second kappa shape index (κ2) is 9.71. The summed E-state index contributed by atoms with van der Waals surface area (Å²) in [5.41, 5.74) is 8.65. The summed E-state index contributed by atoms with van der Waals surface area (Å²) in [5, 5.41) is 14.8. The third kappa shape index (κ3) is 3.61. The molecular formula is C38H20N6. The number of aromatic nitrogens is 3. The van der Waals surface area contributed by atoms with Gasteiger partial charge in [-0.15, -0.1) is 0 Å². The molecule has 0 saturated carbocycles. The lowest BCUT2D eigenvalue weighted by atomic mass is 10.00. The summed E-state index contributed by atoms with van der Waals surface area (Å²) in [7, 11) is 0. The Morgan fingerprint density at radius 3 is 1.64 bits per heavy atom. The molecule has 0 radical (unpaired) electrons. The van der Waals surface area contributed by atoms with Crippen LogP contribution in [0.25, 0.3) is 75.8 Å². The van der Waals surface area contributed by atoms with Crippen LogP contribution in [0.5, 0.6) is 0 Å². The largest absolute Gasteiger partial charge is 0.310 e. The van der Waals surface area contributed by atoms with E-state index in [2.05, 4.69) is 54.1 Å². The molecule has 3 heterocycles. The molecular weight excluding hydrogens is 540 g/mol. The molecule has 44 heavy (non-hydrogen) atoms. The summed E-state index contributed by atoms with van der Waals surface area (Å²) in [6.45, 7) is 15.3. The monoisotopic (exact) mass is 560 g/mol. The fourth-order valence-electron chi connectivity index (χ4n) is 6.38. The molecule has 0 spiro atoms. The number of pyridine rings is 1. The average Bonchev–Trinajstić information content (AvgIpc) is 3.59. The highest BCUT2D eigenvalue weighted by atomic mass is 15.0. The highest BCUT2D eigenvalue weighted by Crippen LogP contribution is 2.41. The molecule has 202 valence electrons. The number of hydrogen-bond donors (Lipinski definition) is 0.